The number of nitrogens with zero attached hydrogens (tertiary/aromatic N) is 3. The van der Waals surface area contributed by atoms with Crippen molar-refractivity contribution in [2.24, 2.45) is 0 Å². The molecule has 22 heavy (non-hydrogen) atoms. The summed E-state index contributed by atoms with van der Waals surface area (Å²) in [5.41, 5.74) is 5.16. The molecule has 5 atom stereocenters. The second kappa shape index (κ2) is 5.30. The van der Waals surface area contributed by atoms with Gasteiger partial charge in [-0.15, -0.1) is 0 Å². The summed E-state index contributed by atoms with van der Waals surface area (Å²) in [6, 6.07) is 0. The Morgan fingerprint density at radius 3 is 2.73 bits per heavy atom. The lowest BCUT2D eigenvalue weighted by Crippen LogP contribution is -2.56. The van der Waals surface area contributed by atoms with E-state index in [0.717, 1.165) is 0 Å². The minimum Gasteiger partial charge on any atom is -0.394 e. The first-order chi connectivity index (χ1) is 10.4. The molecule has 3 rings (SSSR count). The van der Waals surface area contributed by atoms with Gasteiger partial charge in [-0.25, -0.2) is 9.78 Å². The predicted octanol–water partition coefficient (Wildman–Crippen LogP) is -3.33. The van der Waals surface area contributed by atoms with Crippen LogP contribution in [0.4, 0.5) is 5.82 Å². The quantitative estimate of drug-likeness (QED) is 0.330. The summed E-state index contributed by atoms with van der Waals surface area (Å²) in [5.74, 6) is -0.00154. The molecule has 1 saturated heterocycles. The van der Waals surface area contributed by atoms with E-state index in [1.807, 2.05) is 0 Å². The molecule has 2 aromatic heterocycles. The van der Waals surface area contributed by atoms with Crippen LogP contribution in [-0.4, -0.2) is 71.0 Å². The number of ether oxygens (including phenoxy) is 1. The van der Waals surface area contributed by atoms with Crippen LogP contribution in [0, 0.1) is 0 Å². The number of hydrogen-bond acceptors (Lipinski definition) is 9. The number of imidazole rings is 1. The van der Waals surface area contributed by atoms with Gasteiger partial charge >= 0.3 is 5.69 Å². The van der Waals surface area contributed by atoms with Gasteiger partial charge in [-0.3, -0.25) is 9.55 Å². The van der Waals surface area contributed by atoms with Crippen molar-refractivity contribution in [2.45, 2.75) is 30.6 Å². The lowest BCUT2D eigenvalue weighted by Gasteiger charge is -2.40. The number of aromatic amines is 1. The van der Waals surface area contributed by atoms with Crippen LogP contribution in [0.1, 0.15) is 6.23 Å². The number of aromatic nitrogens is 4. The normalized spacial score (nSPS) is 32.5. The van der Waals surface area contributed by atoms with Gasteiger partial charge in [0.25, 0.3) is 0 Å². The highest BCUT2D eigenvalue weighted by Crippen LogP contribution is 2.30. The minimum atomic E-state index is -1.55. The SMILES string of the molecule is Nc1[nH]c(=O)nc2c1ncn2[C@@H]1O[C@H](CO)[C@@H](O)[C@H](O)[C@H]1O. The van der Waals surface area contributed by atoms with E-state index in [4.69, 9.17) is 10.5 Å². The third-order valence-electron chi connectivity index (χ3n) is 3.61. The van der Waals surface area contributed by atoms with E-state index in [0.29, 0.717) is 0 Å². The standard InChI is InChI=1S/C11H15N5O6/c12-8-4-9(15-11(21)14-8)16(2-13-4)10-7(20)6(19)5(18)3(1-17)22-10/h2-3,5-7,10,17-20H,1H2,(H3,12,14,15,21)/t3-,5-,6+,7-,10-/m1/s1. The zero-order valence-corrected chi connectivity index (χ0v) is 11.2. The second-order valence-corrected chi connectivity index (χ2v) is 5.00. The number of rotatable bonds is 2. The fourth-order valence-corrected chi connectivity index (χ4v) is 2.45. The molecule has 1 aliphatic heterocycles. The van der Waals surface area contributed by atoms with Crippen LogP contribution in [0.15, 0.2) is 11.1 Å². The van der Waals surface area contributed by atoms with Crippen molar-refractivity contribution in [1.29, 1.82) is 0 Å². The molecule has 0 unspecified atom stereocenters. The topological polar surface area (TPSA) is 180 Å². The number of aliphatic hydroxyl groups excluding tert-OH is 4. The third-order valence-corrected chi connectivity index (χ3v) is 3.61. The summed E-state index contributed by atoms with van der Waals surface area (Å²) >= 11 is 0. The van der Waals surface area contributed by atoms with Crippen LogP contribution in [0.2, 0.25) is 0 Å². The largest absolute Gasteiger partial charge is 0.394 e. The van der Waals surface area contributed by atoms with Gasteiger partial charge in [0.05, 0.1) is 12.9 Å². The second-order valence-electron chi connectivity index (χ2n) is 5.00. The van der Waals surface area contributed by atoms with Gasteiger partial charge < -0.3 is 30.9 Å². The van der Waals surface area contributed by atoms with Crippen molar-refractivity contribution >= 4 is 17.0 Å². The van der Waals surface area contributed by atoms with Gasteiger partial charge in [-0.2, -0.15) is 4.98 Å². The Morgan fingerprint density at radius 2 is 2.05 bits per heavy atom. The lowest BCUT2D eigenvalue weighted by molar-refractivity contribution is -0.250. The first-order valence-electron chi connectivity index (χ1n) is 6.47. The first-order valence-corrected chi connectivity index (χ1v) is 6.47. The van der Waals surface area contributed by atoms with E-state index in [1.165, 1.54) is 10.9 Å². The summed E-state index contributed by atoms with van der Waals surface area (Å²) in [7, 11) is 0. The molecule has 1 aliphatic rings. The van der Waals surface area contributed by atoms with Gasteiger partial charge in [-0.05, 0) is 0 Å². The predicted molar refractivity (Wildman–Crippen MR) is 71.6 cm³/mol. The monoisotopic (exact) mass is 313 g/mol. The highest BCUT2D eigenvalue weighted by molar-refractivity contribution is 5.81. The summed E-state index contributed by atoms with van der Waals surface area (Å²) in [6.07, 6.45) is -5.60. The van der Waals surface area contributed by atoms with E-state index < -0.39 is 42.9 Å². The number of aliphatic hydroxyl groups is 4. The lowest BCUT2D eigenvalue weighted by atomic mass is 9.98. The van der Waals surface area contributed by atoms with Gasteiger partial charge in [-0.1, -0.05) is 0 Å². The molecule has 0 bridgehead atoms. The molecule has 120 valence electrons. The van der Waals surface area contributed by atoms with E-state index in [9.17, 15) is 25.2 Å². The number of nitrogens with two attached hydrogens (primary N) is 1. The number of hydrogen-bond donors (Lipinski definition) is 6. The molecule has 0 saturated carbocycles. The molecule has 0 aliphatic carbocycles. The van der Waals surface area contributed by atoms with Gasteiger partial charge in [0, 0.05) is 0 Å². The number of anilines is 1. The highest BCUT2D eigenvalue weighted by Gasteiger charge is 2.44. The number of H-pyrrole nitrogens is 1. The molecule has 3 heterocycles. The number of nitrogen functional groups attached to an aromatic ring is 1. The third kappa shape index (κ3) is 2.15. The van der Waals surface area contributed by atoms with E-state index in [1.54, 1.807) is 0 Å². The van der Waals surface area contributed by atoms with Crippen LogP contribution < -0.4 is 11.4 Å². The zero-order chi connectivity index (χ0) is 16.0. The Labute approximate surface area is 122 Å². The summed E-state index contributed by atoms with van der Waals surface area (Å²) < 4.78 is 6.59. The number of nitrogens with one attached hydrogen (secondary N) is 1. The molecular weight excluding hydrogens is 298 g/mol. The molecule has 2 aromatic rings. The maximum Gasteiger partial charge on any atom is 0.348 e. The molecule has 0 spiro atoms. The fourth-order valence-electron chi connectivity index (χ4n) is 2.45. The summed E-state index contributed by atoms with van der Waals surface area (Å²) in [4.78, 5) is 21.4. The van der Waals surface area contributed by atoms with Gasteiger partial charge in [0.15, 0.2) is 11.9 Å². The Bertz CT molecular complexity index is 742. The molecular formula is C11H15N5O6. The van der Waals surface area contributed by atoms with Crippen molar-refractivity contribution in [2.75, 3.05) is 12.3 Å². The Morgan fingerprint density at radius 1 is 1.32 bits per heavy atom. The molecule has 7 N–H and O–H groups in total. The zero-order valence-electron chi connectivity index (χ0n) is 11.2. The van der Waals surface area contributed by atoms with E-state index >= 15 is 0 Å². The van der Waals surface area contributed by atoms with Crippen LogP contribution >= 0.6 is 0 Å². The Hall–Kier alpha value is -2.05. The van der Waals surface area contributed by atoms with Gasteiger partial charge in [0.1, 0.15) is 35.8 Å². The molecule has 1 fully saturated rings. The van der Waals surface area contributed by atoms with Crippen LogP contribution in [-0.2, 0) is 4.74 Å². The van der Waals surface area contributed by atoms with Crippen molar-refractivity contribution in [3.05, 3.63) is 16.8 Å². The maximum atomic E-state index is 11.4. The maximum absolute atomic E-state index is 11.4. The molecule has 11 nitrogen and oxygen atoms in total. The van der Waals surface area contributed by atoms with Crippen LogP contribution in [0.25, 0.3) is 11.2 Å². The molecule has 0 radical (unpaired) electrons. The summed E-state index contributed by atoms with van der Waals surface area (Å²) in [6.45, 7) is -0.565. The smallest absolute Gasteiger partial charge is 0.348 e. The average molecular weight is 313 g/mol. The van der Waals surface area contributed by atoms with Crippen molar-refractivity contribution < 1.29 is 25.2 Å². The molecule has 0 aromatic carbocycles. The van der Waals surface area contributed by atoms with Crippen LogP contribution in [0.3, 0.4) is 0 Å². The highest BCUT2D eigenvalue weighted by atomic mass is 16.6. The molecule has 11 heteroatoms. The fraction of sp³-hybridized carbons (Fsp3) is 0.545. The minimum absolute atomic E-state index is 0.00154. The van der Waals surface area contributed by atoms with Crippen LogP contribution in [0.5, 0.6) is 0 Å². The van der Waals surface area contributed by atoms with E-state index in [2.05, 4.69) is 15.0 Å². The Balaban J connectivity index is 2.08. The Kier molecular flexibility index (Phi) is 3.58. The average Bonchev–Trinajstić information content (AvgIpc) is 2.89. The van der Waals surface area contributed by atoms with Crippen molar-refractivity contribution in [3.8, 4) is 0 Å². The number of fused-ring (bicyclic) bond motifs is 1. The van der Waals surface area contributed by atoms with Crippen molar-refractivity contribution in [1.82, 2.24) is 19.5 Å². The van der Waals surface area contributed by atoms with Crippen molar-refractivity contribution in [3.63, 3.8) is 0 Å². The first kappa shape index (κ1) is 14.9. The van der Waals surface area contributed by atoms with Gasteiger partial charge in [0.2, 0.25) is 0 Å². The van der Waals surface area contributed by atoms with E-state index in [-0.39, 0.29) is 17.0 Å². The summed E-state index contributed by atoms with van der Waals surface area (Å²) in [5, 5.41) is 38.8. The molecule has 0 amide bonds.